The van der Waals surface area contributed by atoms with Crippen LogP contribution in [0.5, 0.6) is 5.75 Å². The second-order valence-electron chi connectivity index (χ2n) is 8.66. The monoisotopic (exact) mass is 501 g/mol. The summed E-state index contributed by atoms with van der Waals surface area (Å²) < 4.78 is 53.1. The Morgan fingerprint density at radius 1 is 1.22 bits per heavy atom. The van der Waals surface area contributed by atoms with Crippen LogP contribution in [0.4, 0.5) is 23.7 Å². The molecule has 0 spiro atoms. The van der Waals surface area contributed by atoms with Crippen LogP contribution in [0, 0.1) is 0 Å². The Bertz CT molecular complexity index is 1320. The Morgan fingerprint density at radius 2 is 2.06 bits per heavy atom. The van der Waals surface area contributed by atoms with Gasteiger partial charge in [0.1, 0.15) is 17.5 Å². The molecule has 5 rings (SSSR count). The van der Waals surface area contributed by atoms with Crippen molar-refractivity contribution in [3.8, 4) is 28.3 Å². The van der Waals surface area contributed by atoms with Gasteiger partial charge in [-0.05, 0) is 55.2 Å². The number of hydrogen-bond donors (Lipinski definition) is 1. The van der Waals surface area contributed by atoms with E-state index in [-0.39, 0.29) is 18.2 Å². The second kappa shape index (κ2) is 9.21. The van der Waals surface area contributed by atoms with Crippen molar-refractivity contribution in [3.05, 3.63) is 53.6 Å². The van der Waals surface area contributed by atoms with Crippen molar-refractivity contribution in [1.82, 2.24) is 10.5 Å². The quantitative estimate of drug-likeness (QED) is 0.537. The first-order valence-electron chi connectivity index (χ1n) is 11.4. The molecule has 188 valence electrons. The van der Waals surface area contributed by atoms with Gasteiger partial charge in [0.05, 0.1) is 13.1 Å². The predicted molar refractivity (Wildman–Crippen MR) is 122 cm³/mol. The van der Waals surface area contributed by atoms with Gasteiger partial charge in [-0.1, -0.05) is 17.3 Å². The number of anilines is 1. The van der Waals surface area contributed by atoms with Crippen LogP contribution in [-0.2, 0) is 22.4 Å². The summed E-state index contributed by atoms with van der Waals surface area (Å²) in [5.41, 5.74) is 4.19. The van der Waals surface area contributed by atoms with E-state index in [9.17, 15) is 22.8 Å². The highest BCUT2D eigenvalue weighted by atomic mass is 19.4. The Morgan fingerprint density at radius 3 is 2.83 bits per heavy atom. The number of rotatable bonds is 5. The fraction of sp³-hybridized carbons (Fsp3) is 0.320. The van der Waals surface area contributed by atoms with Crippen molar-refractivity contribution >= 4 is 17.7 Å². The smallest absolute Gasteiger partial charge is 0.442 e. The Kier molecular flexibility index (Phi) is 6.07. The Hall–Kier alpha value is -4.02. The molecule has 2 heterocycles. The van der Waals surface area contributed by atoms with Gasteiger partial charge in [0, 0.05) is 29.3 Å². The molecule has 1 fully saturated rings. The average molecular weight is 501 g/mol. The summed E-state index contributed by atoms with van der Waals surface area (Å²) in [6.07, 6.45) is -3.63. The van der Waals surface area contributed by atoms with Crippen molar-refractivity contribution in [2.24, 2.45) is 0 Å². The third-order valence-electron chi connectivity index (χ3n) is 6.10. The van der Waals surface area contributed by atoms with Crippen LogP contribution in [0.15, 0.2) is 47.0 Å². The van der Waals surface area contributed by atoms with Crippen LogP contribution in [0.1, 0.15) is 24.5 Å². The number of halogens is 3. The number of carbonyl (C=O) groups excluding carboxylic acids is 2. The van der Waals surface area contributed by atoms with Crippen LogP contribution < -0.4 is 15.0 Å². The molecule has 1 atom stereocenters. The number of carbonyl (C=O) groups is 2. The van der Waals surface area contributed by atoms with Gasteiger partial charge >= 0.3 is 12.5 Å². The summed E-state index contributed by atoms with van der Waals surface area (Å²) in [5.74, 6) is 0.0276. The molecule has 36 heavy (non-hydrogen) atoms. The first-order valence-corrected chi connectivity index (χ1v) is 11.4. The number of aromatic nitrogens is 1. The van der Waals surface area contributed by atoms with E-state index in [1.807, 2.05) is 12.1 Å². The maximum Gasteiger partial charge on any atom is 0.573 e. The summed E-state index contributed by atoms with van der Waals surface area (Å²) in [4.78, 5) is 25.1. The summed E-state index contributed by atoms with van der Waals surface area (Å²) >= 11 is 0. The van der Waals surface area contributed by atoms with Gasteiger partial charge in [0.2, 0.25) is 5.91 Å². The van der Waals surface area contributed by atoms with Crippen LogP contribution in [0.3, 0.4) is 0 Å². The minimum Gasteiger partial charge on any atom is -0.442 e. The van der Waals surface area contributed by atoms with E-state index >= 15 is 0 Å². The number of amides is 2. The van der Waals surface area contributed by atoms with Gasteiger partial charge in [-0.2, -0.15) is 0 Å². The predicted octanol–water partition coefficient (Wildman–Crippen LogP) is 4.86. The number of ether oxygens (including phenoxy) is 2. The molecule has 0 radical (unpaired) electrons. The van der Waals surface area contributed by atoms with Crippen LogP contribution in [-0.4, -0.2) is 42.7 Å². The van der Waals surface area contributed by atoms with Crippen molar-refractivity contribution in [2.75, 3.05) is 18.0 Å². The molecule has 1 saturated heterocycles. The van der Waals surface area contributed by atoms with Crippen molar-refractivity contribution in [2.45, 2.75) is 38.7 Å². The zero-order valence-electron chi connectivity index (χ0n) is 19.2. The highest BCUT2D eigenvalue weighted by Crippen LogP contribution is 2.40. The lowest BCUT2D eigenvalue weighted by Crippen LogP contribution is -2.33. The highest BCUT2D eigenvalue weighted by Gasteiger charge is 2.34. The topological polar surface area (TPSA) is 93.9 Å². The van der Waals surface area contributed by atoms with Crippen molar-refractivity contribution in [1.29, 1.82) is 0 Å². The van der Waals surface area contributed by atoms with E-state index in [4.69, 9.17) is 9.26 Å². The van der Waals surface area contributed by atoms with Gasteiger partial charge in [-0.25, -0.2) is 4.79 Å². The molecule has 2 aromatic carbocycles. The molecule has 1 aliphatic carbocycles. The number of hydrogen-bond acceptors (Lipinski definition) is 6. The first-order chi connectivity index (χ1) is 17.2. The van der Waals surface area contributed by atoms with E-state index in [1.54, 1.807) is 12.1 Å². The number of nitrogens with zero attached hydrogens (tertiary/aromatic N) is 2. The van der Waals surface area contributed by atoms with Gasteiger partial charge < -0.3 is 19.3 Å². The lowest BCUT2D eigenvalue weighted by atomic mass is 9.99. The number of benzene rings is 2. The fourth-order valence-electron chi connectivity index (χ4n) is 4.55. The number of nitrogens with one attached hydrogen (secondary N) is 1. The minimum atomic E-state index is -4.79. The van der Waals surface area contributed by atoms with E-state index in [2.05, 4.69) is 15.2 Å². The zero-order chi connectivity index (χ0) is 25.4. The third kappa shape index (κ3) is 4.86. The normalized spacial score (nSPS) is 17.2. The van der Waals surface area contributed by atoms with Crippen LogP contribution in [0.2, 0.25) is 0 Å². The average Bonchev–Trinajstić information content (AvgIpc) is 3.35. The molecule has 11 heteroatoms. The second-order valence-corrected chi connectivity index (χ2v) is 8.66. The fourth-order valence-corrected chi connectivity index (χ4v) is 4.55. The maximum atomic E-state index is 12.7. The van der Waals surface area contributed by atoms with Crippen molar-refractivity contribution in [3.63, 3.8) is 0 Å². The maximum absolute atomic E-state index is 12.7. The molecule has 0 unspecified atom stereocenters. The molecule has 8 nitrogen and oxygen atoms in total. The van der Waals surface area contributed by atoms with Gasteiger partial charge in [0.25, 0.3) is 0 Å². The molecule has 2 aliphatic rings. The first kappa shape index (κ1) is 23.7. The molecule has 0 bridgehead atoms. The number of alkyl halides is 3. The van der Waals surface area contributed by atoms with Gasteiger partial charge in [-0.3, -0.25) is 9.69 Å². The summed E-state index contributed by atoms with van der Waals surface area (Å²) in [6.45, 7) is 1.95. The zero-order valence-corrected chi connectivity index (χ0v) is 19.2. The van der Waals surface area contributed by atoms with E-state index in [1.165, 1.54) is 30.0 Å². The molecule has 1 N–H and O–H groups in total. The minimum absolute atomic E-state index is 0.198. The Labute approximate surface area is 204 Å². The molecule has 2 amide bonds. The SMILES string of the molecule is CC(=O)NC[C@H]1CN(c2ccc3c(c2)CCCc2c(-c4cccc(OC(F)(F)F)c4)noc2-3)C(=O)O1. The molecular weight excluding hydrogens is 479 g/mol. The molecular formula is C25H22F3N3O5. The Balaban J connectivity index is 1.42. The highest BCUT2D eigenvalue weighted by molar-refractivity contribution is 5.90. The molecule has 1 aromatic heterocycles. The van der Waals surface area contributed by atoms with Gasteiger partial charge in [-0.15, -0.1) is 13.2 Å². The van der Waals surface area contributed by atoms with Crippen molar-refractivity contribution < 1.29 is 36.8 Å². The lowest BCUT2D eigenvalue weighted by Gasteiger charge is -2.15. The summed E-state index contributed by atoms with van der Waals surface area (Å²) in [6, 6.07) is 11.2. The standard InChI is InChI=1S/C25H22F3N3O5/c1-14(32)29-12-19-13-31(24(33)34-19)17-8-9-20-15(10-17)4-3-7-21-22(30-36-23(20)21)16-5-2-6-18(11-16)35-25(26,27)28/h2,5-6,8-11,19H,3-4,7,12-13H2,1H3,(H,29,32)/t19-/m0/s1. The molecule has 1 aliphatic heterocycles. The lowest BCUT2D eigenvalue weighted by molar-refractivity contribution is -0.274. The van der Waals surface area contributed by atoms with E-state index in [0.717, 1.165) is 23.1 Å². The van der Waals surface area contributed by atoms with E-state index < -0.39 is 18.6 Å². The molecule has 3 aromatic rings. The molecule has 0 saturated carbocycles. The number of cyclic esters (lactones) is 1. The summed E-state index contributed by atoms with van der Waals surface area (Å²) in [7, 11) is 0. The number of fused-ring (bicyclic) bond motifs is 3. The third-order valence-corrected chi connectivity index (χ3v) is 6.10. The van der Waals surface area contributed by atoms with Gasteiger partial charge in [0.15, 0.2) is 5.76 Å². The van der Waals surface area contributed by atoms with Crippen LogP contribution >= 0.6 is 0 Å². The van der Waals surface area contributed by atoms with E-state index in [0.29, 0.717) is 42.1 Å². The van der Waals surface area contributed by atoms with Crippen LogP contribution in [0.25, 0.3) is 22.6 Å². The summed E-state index contributed by atoms with van der Waals surface area (Å²) in [5, 5.41) is 6.83. The largest absolute Gasteiger partial charge is 0.573 e. The number of aryl methyl sites for hydroxylation is 1.